The number of aromatic amines is 1. The van der Waals surface area contributed by atoms with Crippen LogP contribution in [0.25, 0.3) is 10.8 Å². The number of carbonyl (C=O) groups is 1. The van der Waals surface area contributed by atoms with E-state index < -0.39 is 0 Å². The average Bonchev–Trinajstić information content (AvgIpc) is 2.74. The van der Waals surface area contributed by atoms with Crippen LogP contribution in [0.3, 0.4) is 0 Å². The van der Waals surface area contributed by atoms with Gasteiger partial charge >= 0.3 is 0 Å². The molecule has 1 aliphatic heterocycles. The van der Waals surface area contributed by atoms with E-state index in [1.807, 2.05) is 61.5 Å². The van der Waals surface area contributed by atoms with Crippen LogP contribution in [0.15, 0.2) is 65.6 Å². The van der Waals surface area contributed by atoms with Crippen molar-refractivity contribution in [2.45, 2.75) is 12.1 Å². The van der Waals surface area contributed by atoms with E-state index in [9.17, 15) is 9.59 Å². The summed E-state index contributed by atoms with van der Waals surface area (Å²) in [6.07, 6.45) is 1.39. The molecule has 3 aromatic rings. The number of hydrogen-bond acceptors (Lipinski definition) is 4. The summed E-state index contributed by atoms with van der Waals surface area (Å²) >= 11 is 0. The minimum absolute atomic E-state index is 0.0987. The lowest BCUT2D eigenvalue weighted by Crippen LogP contribution is -2.51. The van der Waals surface area contributed by atoms with Crippen LogP contribution in [0.4, 0.5) is 0 Å². The molecule has 1 N–H and O–H groups in total. The second-order valence-electron chi connectivity index (χ2n) is 7.60. The minimum atomic E-state index is -0.203. The van der Waals surface area contributed by atoms with Gasteiger partial charge in [-0.1, -0.05) is 48.5 Å². The molecule has 150 valence electrons. The number of hydrogen-bond donors (Lipinski definition) is 1. The molecule has 1 amide bonds. The van der Waals surface area contributed by atoms with E-state index >= 15 is 0 Å². The maximum atomic E-state index is 13.7. The van der Waals surface area contributed by atoms with Crippen LogP contribution >= 0.6 is 0 Å². The number of rotatable bonds is 4. The Balaban J connectivity index is 1.78. The molecule has 0 unspecified atom stereocenters. The van der Waals surface area contributed by atoms with E-state index in [1.54, 1.807) is 12.1 Å². The van der Waals surface area contributed by atoms with Crippen molar-refractivity contribution in [3.05, 3.63) is 82.3 Å². The van der Waals surface area contributed by atoms with Crippen molar-refractivity contribution < 1.29 is 9.53 Å². The zero-order valence-corrected chi connectivity index (χ0v) is 16.7. The van der Waals surface area contributed by atoms with Gasteiger partial charge in [0.1, 0.15) is 0 Å². The summed E-state index contributed by atoms with van der Waals surface area (Å²) in [5.41, 5.74) is 1.36. The SMILES string of the molecule is CN(C)C[C@@H]1OCCN(C(=O)c2c[nH]c(=O)c3ccccc23)[C@H]1c1ccccc1. The summed E-state index contributed by atoms with van der Waals surface area (Å²) < 4.78 is 6.09. The number of nitrogens with zero attached hydrogens (tertiary/aromatic N) is 2. The van der Waals surface area contributed by atoms with Gasteiger partial charge in [0.05, 0.1) is 24.3 Å². The standard InChI is InChI=1S/C23H25N3O3/c1-25(2)15-20-21(16-8-4-3-5-9-16)26(12-13-29-20)23(28)19-14-24-22(27)18-11-7-6-10-17(18)19/h3-11,14,20-21H,12-13,15H2,1-2H3,(H,24,27)/t20-,21-/m0/s1. The number of ether oxygens (including phenoxy) is 1. The number of pyridine rings is 1. The molecule has 2 atom stereocenters. The van der Waals surface area contributed by atoms with Gasteiger partial charge in [-0.05, 0) is 25.7 Å². The van der Waals surface area contributed by atoms with Crippen molar-refractivity contribution in [1.29, 1.82) is 0 Å². The lowest BCUT2D eigenvalue weighted by molar-refractivity contribution is -0.0684. The molecule has 29 heavy (non-hydrogen) atoms. The Morgan fingerprint density at radius 2 is 1.79 bits per heavy atom. The van der Waals surface area contributed by atoms with E-state index in [0.717, 1.165) is 5.56 Å². The van der Waals surface area contributed by atoms with Gasteiger partial charge in [-0.15, -0.1) is 0 Å². The molecule has 6 heteroatoms. The topological polar surface area (TPSA) is 65.6 Å². The fraction of sp³-hybridized carbons (Fsp3) is 0.304. The molecule has 4 rings (SSSR count). The van der Waals surface area contributed by atoms with Crippen LogP contribution in [-0.2, 0) is 4.74 Å². The van der Waals surface area contributed by atoms with Gasteiger partial charge in [0, 0.05) is 30.1 Å². The number of aromatic nitrogens is 1. The molecule has 2 heterocycles. The van der Waals surface area contributed by atoms with E-state index in [1.165, 1.54) is 6.20 Å². The van der Waals surface area contributed by atoms with E-state index in [4.69, 9.17) is 4.74 Å². The van der Waals surface area contributed by atoms with Gasteiger partial charge in [-0.25, -0.2) is 0 Å². The Bertz CT molecular complexity index is 1060. The first-order chi connectivity index (χ1) is 14.1. The van der Waals surface area contributed by atoms with E-state index in [2.05, 4.69) is 9.88 Å². The van der Waals surface area contributed by atoms with Crippen LogP contribution in [0.5, 0.6) is 0 Å². The number of likely N-dealkylation sites (N-methyl/N-ethyl adjacent to an activating group) is 1. The fourth-order valence-corrected chi connectivity index (χ4v) is 4.06. The highest BCUT2D eigenvalue weighted by Crippen LogP contribution is 2.32. The lowest BCUT2D eigenvalue weighted by atomic mass is 9.96. The highest BCUT2D eigenvalue weighted by Gasteiger charge is 2.37. The Labute approximate surface area is 169 Å². The van der Waals surface area contributed by atoms with Crippen LogP contribution in [0.2, 0.25) is 0 Å². The summed E-state index contributed by atoms with van der Waals surface area (Å²) in [6, 6.07) is 17.0. The molecule has 1 saturated heterocycles. The minimum Gasteiger partial charge on any atom is -0.373 e. The van der Waals surface area contributed by atoms with Gasteiger partial charge < -0.3 is 19.5 Å². The van der Waals surface area contributed by atoms with E-state index in [-0.39, 0.29) is 23.6 Å². The smallest absolute Gasteiger partial charge is 0.256 e. The lowest BCUT2D eigenvalue weighted by Gasteiger charge is -2.42. The Kier molecular flexibility index (Phi) is 5.47. The van der Waals surface area contributed by atoms with E-state index in [0.29, 0.717) is 36.0 Å². The molecule has 0 bridgehead atoms. The quantitative estimate of drug-likeness (QED) is 0.743. The summed E-state index contributed by atoms with van der Waals surface area (Å²) in [5.74, 6) is -0.0987. The average molecular weight is 391 g/mol. The zero-order chi connectivity index (χ0) is 20.4. The number of fused-ring (bicyclic) bond motifs is 1. The first-order valence-corrected chi connectivity index (χ1v) is 9.79. The highest BCUT2D eigenvalue weighted by atomic mass is 16.5. The van der Waals surface area contributed by atoms with Gasteiger partial charge in [-0.3, -0.25) is 9.59 Å². The van der Waals surface area contributed by atoms with Crippen LogP contribution < -0.4 is 5.56 Å². The molecule has 1 aliphatic rings. The van der Waals surface area contributed by atoms with Crippen molar-refractivity contribution >= 4 is 16.7 Å². The Hall–Kier alpha value is -2.96. The molecule has 1 fully saturated rings. The number of H-pyrrole nitrogens is 1. The number of carbonyl (C=O) groups excluding carboxylic acids is 1. The predicted octanol–water partition coefficient (Wildman–Crippen LogP) is 2.67. The molecular weight excluding hydrogens is 366 g/mol. The second-order valence-corrected chi connectivity index (χ2v) is 7.60. The first kappa shape index (κ1) is 19.4. The second kappa shape index (κ2) is 8.19. The normalized spacial score (nSPS) is 19.6. The molecule has 0 spiro atoms. The summed E-state index contributed by atoms with van der Waals surface area (Å²) in [7, 11) is 4.00. The largest absolute Gasteiger partial charge is 0.373 e. The molecule has 0 saturated carbocycles. The van der Waals surface area contributed by atoms with Crippen LogP contribution in [0.1, 0.15) is 22.0 Å². The first-order valence-electron chi connectivity index (χ1n) is 9.79. The third kappa shape index (κ3) is 3.81. The van der Waals surface area contributed by atoms with Crippen molar-refractivity contribution in [2.24, 2.45) is 0 Å². The molecule has 0 radical (unpaired) electrons. The predicted molar refractivity (Wildman–Crippen MR) is 113 cm³/mol. The molecular formula is C23H25N3O3. The van der Waals surface area contributed by atoms with Gasteiger partial charge in [0.15, 0.2) is 0 Å². The molecule has 1 aromatic heterocycles. The van der Waals surface area contributed by atoms with Gasteiger partial charge in [0.25, 0.3) is 11.5 Å². The van der Waals surface area contributed by atoms with Crippen molar-refractivity contribution in [2.75, 3.05) is 33.8 Å². The summed E-state index contributed by atoms with van der Waals surface area (Å²) in [6.45, 7) is 1.68. The fourth-order valence-electron chi connectivity index (χ4n) is 4.06. The number of benzene rings is 2. The van der Waals surface area contributed by atoms with Crippen molar-refractivity contribution in [1.82, 2.24) is 14.8 Å². The third-order valence-corrected chi connectivity index (χ3v) is 5.34. The number of nitrogens with one attached hydrogen (secondary N) is 1. The van der Waals surface area contributed by atoms with Crippen molar-refractivity contribution in [3.8, 4) is 0 Å². The van der Waals surface area contributed by atoms with Crippen LogP contribution in [-0.4, -0.2) is 60.6 Å². The van der Waals surface area contributed by atoms with Crippen molar-refractivity contribution in [3.63, 3.8) is 0 Å². The Morgan fingerprint density at radius 3 is 2.52 bits per heavy atom. The highest BCUT2D eigenvalue weighted by molar-refractivity contribution is 6.06. The molecule has 2 aromatic carbocycles. The Morgan fingerprint density at radius 1 is 1.10 bits per heavy atom. The number of morpholine rings is 1. The summed E-state index contributed by atoms with van der Waals surface area (Å²) in [4.78, 5) is 32.5. The van der Waals surface area contributed by atoms with Gasteiger partial charge in [0.2, 0.25) is 0 Å². The maximum Gasteiger partial charge on any atom is 0.256 e. The number of amides is 1. The molecule has 6 nitrogen and oxygen atoms in total. The van der Waals surface area contributed by atoms with Crippen LogP contribution in [0, 0.1) is 0 Å². The van der Waals surface area contributed by atoms with Gasteiger partial charge in [-0.2, -0.15) is 0 Å². The maximum absolute atomic E-state index is 13.7. The zero-order valence-electron chi connectivity index (χ0n) is 16.7. The summed E-state index contributed by atoms with van der Waals surface area (Å²) in [5, 5.41) is 1.19. The molecule has 0 aliphatic carbocycles. The monoisotopic (exact) mass is 391 g/mol. The third-order valence-electron chi connectivity index (χ3n) is 5.34.